The number of amides is 2. The highest BCUT2D eigenvalue weighted by molar-refractivity contribution is 7.99. The van der Waals surface area contributed by atoms with E-state index in [2.05, 4.69) is 0 Å². The van der Waals surface area contributed by atoms with Gasteiger partial charge >= 0.3 is 0 Å². The van der Waals surface area contributed by atoms with Crippen LogP contribution >= 0.6 is 23.4 Å². The number of thioether (sulfide) groups is 1. The van der Waals surface area contributed by atoms with Crippen LogP contribution in [0, 0.1) is 5.82 Å². The Kier molecular flexibility index (Phi) is 5.11. The van der Waals surface area contributed by atoms with Gasteiger partial charge in [0.2, 0.25) is 5.91 Å². The third-order valence-corrected chi connectivity index (χ3v) is 5.50. The molecule has 2 amide bonds. The zero-order valence-corrected chi connectivity index (χ0v) is 14.2. The number of benzene rings is 1. The highest BCUT2D eigenvalue weighted by Crippen LogP contribution is 2.27. The van der Waals surface area contributed by atoms with Gasteiger partial charge in [0.05, 0.1) is 11.4 Å². The molecule has 23 heavy (non-hydrogen) atoms. The molecule has 0 N–H and O–H groups in total. The lowest BCUT2D eigenvalue weighted by molar-refractivity contribution is -0.135. The molecular weight excluding hydrogens is 339 g/mol. The molecule has 2 aliphatic heterocycles. The first-order valence-electron chi connectivity index (χ1n) is 7.70. The van der Waals surface area contributed by atoms with Gasteiger partial charge in [0.25, 0.3) is 5.91 Å². The number of likely N-dealkylation sites (tertiary alicyclic amines) is 1. The van der Waals surface area contributed by atoms with Crippen molar-refractivity contribution in [3.05, 3.63) is 34.6 Å². The van der Waals surface area contributed by atoms with Gasteiger partial charge in [0.1, 0.15) is 11.9 Å². The Hall–Kier alpha value is -1.27. The minimum absolute atomic E-state index is 0.0163. The molecule has 1 atom stereocenters. The molecule has 1 aromatic rings. The van der Waals surface area contributed by atoms with Crippen molar-refractivity contribution in [2.24, 2.45) is 0 Å². The summed E-state index contributed by atoms with van der Waals surface area (Å²) in [5.74, 6) is -0.137. The van der Waals surface area contributed by atoms with Crippen LogP contribution in [-0.2, 0) is 4.79 Å². The first-order chi connectivity index (χ1) is 11.1. The van der Waals surface area contributed by atoms with E-state index in [-0.39, 0.29) is 16.5 Å². The van der Waals surface area contributed by atoms with Gasteiger partial charge in [0.15, 0.2) is 0 Å². The summed E-state index contributed by atoms with van der Waals surface area (Å²) >= 11 is 7.26. The minimum Gasteiger partial charge on any atom is -0.341 e. The lowest BCUT2D eigenvalue weighted by Gasteiger charge is -2.32. The Labute approximate surface area is 144 Å². The number of carbonyl (C=O) groups excluding carboxylic acids is 2. The maximum absolute atomic E-state index is 14.0. The van der Waals surface area contributed by atoms with Crippen LogP contribution < -0.4 is 0 Å². The second-order valence-corrected chi connectivity index (χ2v) is 7.24. The van der Waals surface area contributed by atoms with E-state index in [0.717, 1.165) is 38.4 Å². The normalized spacial score (nSPS) is 21.6. The van der Waals surface area contributed by atoms with Gasteiger partial charge in [-0.1, -0.05) is 11.6 Å². The fourth-order valence-corrected chi connectivity index (χ4v) is 4.29. The third-order valence-electron chi connectivity index (χ3n) is 4.26. The summed E-state index contributed by atoms with van der Waals surface area (Å²) in [5.41, 5.74) is -0.0339. The SMILES string of the molecule is O=C(C1CSCN1C(=O)c1ccc(Cl)cc1F)N1CCCCC1. The van der Waals surface area contributed by atoms with Crippen LogP contribution in [0.3, 0.4) is 0 Å². The molecule has 0 saturated carbocycles. The molecule has 4 nitrogen and oxygen atoms in total. The summed E-state index contributed by atoms with van der Waals surface area (Å²) in [4.78, 5) is 28.6. The van der Waals surface area contributed by atoms with Gasteiger partial charge in [0, 0.05) is 23.9 Å². The van der Waals surface area contributed by atoms with E-state index in [4.69, 9.17) is 11.6 Å². The molecule has 0 spiro atoms. The van der Waals surface area contributed by atoms with Crippen molar-refractivity contribution in [1.82, 2.24) is 9.80 Å². The molecule has 1 unspecified atom stereocenters. The quantitative estimate of drug-likeness (QED) is 0.818. The molecule has 2 aliphatic rings. The molecule has 0 radical (unpaired) electrons. The maximum atomic E-state index is 14.0. The molecule has 2 fully saturated rings. The van der Waals surface area contributed by atoms with Crippen molar-refractivity contribution in [3.63, 3.8) is 0 Å². The van der Waals surface area contributed by atoms with E-state index in [0.29, 0.717) is 11.6 Å². The van der Waals surface area contributed by atoms with Crippen molar-refractivity contribution >= 4 is 35.2 Å². The average Bonchev–Trinajstić information content (AvgIpc) is 3.04. The van der Waals surface area contributed by atoms with Crippen LogP contribution in [0.1, 0.15) is 29.6 Å². The van der Waals surface area contributed by atoms with Crippen molar-refractivity contribution in [1.29, 1.82) is 0 Å². The highest BCUT2D eigenvalue weighted by Gasteiger charge is 2.38. The number of piperidine rings is 1. The van der Waals surface area contributed by atoms with Crippen LogP contribution in [0.25, 0.3) is 0 Å². The van der Waals surface area contributed by atoms with Gasteiger partial charge in [-0.05, 0) is 37.5 Å². The minimum atomic E-state index is -0.649. The summed E-state index contributed by atoms with van der Waals surface area (Å²) in [7, 11) is 0. The van der Waals surface area contributed by atoms with Gasteiger partial charge in [-0.3, -0.25) is 9.59 Å². The van der Waals surface area contributed by atoms with E-state index in [1.165, 1.54) is 28.8 Å². The van der Waals surface area contributed by atoms with E-state index in [9.17, 15) is 14.0 Å². The van der Waals surface area contributed by atoms with Crippen LogP contribution in [0.2, 0.25) is 5.02 Å². The molecule has 7 heteroatoms. The lowest BCUT2D eigenvalue weighted by Crippen LogP contribution is -2.50. The predicted molar refractivity (Wildman–Crippen MR) is 89.1 cm³/mol. The number of nitrogens with zero attached hydrogens (tertiary/aromatic N) is 2. The molecule has 0 aliphatic carbocycles. The molecule has 124 valence electrons. The number of rotatable bonds is 2. The van der Waals surface area contributed by atoms with E-state index in [1.807, 2.05) is 4.90 Å². The van der Waals surface area contributed by atoms with Crippen molar-refractivity contribution < 1.29 is 14.0 Å². The molecule has 0 bridgehead atoms. The topological polar surface area (TPSA) is 40.6 Å². The number of hydrogen-bond donors (Lipinski definition) is 0. The fraction of sp³-hybridized carbons (Fsp3) is 0.500. The Morgan fingerprint density at radius 3 is 2.65 bits per heavy atom. The smallest absolute Gasteiger partial charge is 0.258 e. The number of hydrogen-bond acceptors (Lipinski definition) is 3. The zero-order valence-electron chi connectivity index (χ0n) is 12.6. The second-order valence-electron chi connectivity index (χ2n) is 5.80. The largest absolute Gasteiger partial charge is 0.341 e. The summed E-state index contributed by atoms with van der Waals surface area (Å²) in [6, 6.07) is 3.49. The molecular formula is C16H18ClFN2O2S. The predicted octanol–water partition coefficient (Wildman–Crippen LogP) is 3.01. The van der Waals surface area contributed by atoms with Crippen molar-refractivity contribution in [2.45, 2.75) is 25.3 Å². The summed E-state index contributed by atoms with van der Waals surface area (Å²) < 4.78 is 14.0. The Morgan fingerprint density at radius 2 is 1.96 bits per heavy atom. The second kappa shape index (κ2) is 7.09. The van der Waals surface area contributed by atoms with Gasteiger partial charge in [-0.25, -0.2) is 4.39 Å². The summed E-state index contributed by atoms with van der Waals surface area (Å²) in [6.45, 7) is 1.49. The first kappa shape index (κ1) is 16.6. The zero-order chi connectivity index (χ0) is 16.4. The van der Waals surface area contributed by atoms with Crippen LogP contribution in [0.15, 0.2) is 18.2 Å². The Bertz CT molecular complexity index is 622. The average molecular weight is 357 g/mol. The van der Waals surface area contributed by atoms with Gasteiger partial charge < -0.3 is 9.80 Å². The Balaban J connectivity index is 1.77. The first-order valence-corrected chi connectivity index (χ1v) is 9.24. The number of carbonyl (C=O) groups is 2. The maximum Gasteiger partial charge on any atom is 0.258 e. The lowest BCUT2D eigenvalue weighted by atomic mass is 10.1. The van der Waals surface area contributed by atoms with Gasteiger partial charge in [-0.2, -0.15) is 0 Å². The monoisotopic (exact) mass is 356 g/mol. The van der Waals surface area contributed by atoms with Crippen LogP contribution in [0.5, 0.6) is 0 Å². The molecule has 1 aromatic carbocycles. The van der Waals surface area contributed by atoms with Crippen LogP contribution in [0.4, 0.5) is 4.39 Å². The summed E-state index contributed by atoms with van der Waals surface area (Å²) in [5, 5.41) is 0.246. The molecule has 3 rings (SSSR count). The standard InChI is InChI=1S/C16H18ClFN2O2S/c17-11-4-5-12(13(18)8-11)15(21)20-10-23-9-14(20)16(22)19-6-2-1-3-7-19/h4-5,8,14H,1-3,6-7,9-10H2. The van der Waals surface area contributed by atoms with Crippen molar-refractivity contribution in [2.75, 3.05) is 24.7 Å². The van der Waals surface area contributed by atoms with Gasteiger partial charge in [-0.15, -0.1) is 11.8 Å². The molecule has 0 aromatic heterocycles. The molecule has 2 heterocycles. The Morgan fingerprint density at radius 1 is 1.22 bits per heavy atom. The van der Waals surface area contributed by atoms with E-state index >= 15 is 0 Å². The third kappa shape index (κ3) is 3.48. The van der Waals surface area contributed by atoms with Crippen molar-refractivity contribution in [3.8, 4) is 0 Å². The molecule has 2 saturated heterocycles. The van der Waals surface area contributed by atoms with Crippen LogP contribution in [-0.4, -0.2) is 52.4 Å². The number of halogens is 2. The summed E-state index contributed by atoms with van der Waals surface area (Å²) in [6.07, 6.45) is 3.15. The fourth-order valence-electron chi connectivity index (χ4n) is 2.99. The van der Waals surface area contributed by atoms with E-state index < -0.39 is 17.8 Å². The highest BCUT2D eigenvalue weighted by atomic mass is 35.5. The van der Waals surface area contributed by atoms with E-state index in [1.54, 1.807) is 0 Å².